The SMILES string of the molecule is NC(=O)OC1CC=C(c2cnn(C(F)F)c2)CC1. The van der Waals surface area contributed by atoms with Crippen LogP contribution < -0.4 is 5.73 Å². The number of nitrogens with two attached hydrogens (primary N) is 1. The summed E-state index contributed by atoms with van der Waals surface area (Å²) in [5, 5.41) is 3.58. The summed E-state index contributed by atoms with van der Waals surface area (Å²) in [7, 11) is 0. The van der Waals surface area contributed by atoms with Crippen molar-refractivity contribution in [2.24, 2.45) is 5.73 Å². The van der Waals surface area contributed by atoms with E-state index in [0.717, 1.165) is 5.57 Å². The molecular formula is C11H13F2N3O2. The standard InChI is InChI=1S/C11H13F2N3O2/c12-10(13)16-6-8(5-15-16)7-1-3-9(4-2-7)18-11(14)17/h1,5-6,9-10H,2-4H2,(H2,14,17). The first-order chi connectivity index (χ1) is 8.56. The Morgan fingerprint density at radius 3 is 2.89 bits per heavy atom. The van der Waals surface area contributed by atoms with Gasteiger partial charge in [-0.1, -0.05) is 6.08 Å². The van der Waals surface area contributed by atoms with Crippen molar-refractivity contribution in [1.82, 2.24) is 9.78 Å². The molecule has 1 aromatic rings. The molecule has 0 spiro atoms. The minimum atomic E-state index is -2.63. The van der Waals surface area contributed by atoms with E-state index in [-0.39, 0.29) is 6.10 Å². The Morgan fingerprint density at radius 2 is 2.39 bits per heavy atom. The fraction of sp³-hybridized carbons (Fsp3) is 0.455. The Morgan fingerprint density at radius 1 is 1.61 bits per heavy atom. The van der Waals surface area contributed by atoms with Crippen molar-refractivity contribution < 1.29 is 18.3 Å². The molecule has 2 rings (SSSR count). The van der Waals surface area contributed by atoms with Gasteiger partial charge < -0.3 is 10.5 Å². The number of carbonyl (C=O) groups is 1. The summed E-state index contributed by atoms with van der Waals surface area (Å²) in [4.78, 5) is 10.6. The van der Waals surface area contributed by atoms with Crippen LogP contribution in [0.5, 0.6) is 0 Å². The quantitative estimate of drug-likeness (QED) is 0.903. The number of rotatable bonds is 3. The van der Waals surface area contributed by atoms with Gasteiger partial charge in [0.25, 0.3) is 0 Å². The minimum Gasteiger partial charge on any atom is -0.446 e. The maximum absolute atomic E-state index is 12.4. The molecule has 0 aliphatic heterocycles. The molecule has 0 saturated heterocycles. The van der Waals surface area contributed by atoms with E-state index in [9.17, 15) is 13.6 Å². The third-order valence-electron chi connectivity index (χ3n) is 2.82. The van der Waals surface area contributed by atoms with Crippen LogP contribution >= 0.6 is 0 Å². The highest BCUT2D eigenvalue weighted by Crippen LogP contribution is 2.28. The molecule has 1 aliphatic rings. The Kier molecular flexibility index (Phi) is 3.59. The second-order valence-corrected chi connectivity index (χ2v) is 4.05. The van der Waals surface area contributed by atoms with E-state index >= 15 is 0 Å². The predicted octanol–water partition coefficient (Wildman–Crippen LogP) is 2.31. The molecule has 1 unspecified atom stereocenters. The zero-order chi connectivity index (χ0) is 13.1. The van der Waals surface area contributed by atoms with Gasteiger partial charge in [0, 0.05) is 18.2 Å². The number of alkyl halides is 2. The zero-order valence-electron chi connectivity index (χ0n) is 9.55. The second kappa shape index (κ2) is 5.16. The van der Waals surface area contributed by atoms with E-state index in [4.69, 9.17) is 10.5 Å². The summed E-state index contributed by atoms with van der Waals surface area (Å²) in [6.45, 7) is -2.63. The minimum absolute atomic E-state index is 0.226. The number of amides is 1. The highest BCUT2D eigenvalue weighted by Gasteiger charge is 2.19. The maximum atomic E-state index is 12.4. The molecule has 5 nitrogen and oxygen atoms in total. The molecule has 2 N–H and O–H groups in total. The molecule has 1 aromatic heterocycles. The monoisotopic (exact) mass is 257 g/mol. The fourth-order valence-electron chi connectivity index (χ4n) is 1.95. The normalized spacial score (nSPS) is 19.7. The van der Waals surface area contributed by atoms with E-state index in [0.29, 0.717) is 29.5 Å². The fourth-order valence-corrected chi connectivity index (χ4v) is 1.95. The lowest BCUT2D eigenvalue weighted by molar-refractivity contribution is 0.0565. The molecule has 0 radical (unpaired) electrons. The predicted molar refractivity (Wildman–Crippen MR) is 59.8 cm³/mol. The van der Waals surface area contributed by atoms with Gasteiger partial charge in [-0.15, -0.1) is 0 Å². The Labute approximate surface area is 102 Å². The van der Waals surface area contributed by atoms with Gasteiger partial charge in [0.05, 0.1) is 6.20 Å². The number of nitrogens with zero attached hydrogens (tertiary/aromatic N) is 2. The van der Waals surface area contributed by atoms with Crippen LogP contribution in [0, 0.1) is 0 Å². The van der Waals surface area contributed by atoms with Crippen LogP contribution in [-0.4, -0.2) is 22.0 Å². The number of carbonyl (C=O) groups excluding carboxylic acids is 1. The van der Waals surface area contributed by atoms with Crippen LogP contribution in [-0.2, 0) is 4.74 Å². The highest BCUT2D eigenvalue weighted by atomic mass is 19.3. The van der Waals surface area contributed by atoms with E-state index in [1.807, 2.05) is 6.08 Å². The first kappa shape index (κ1) is 12.5. The highest BCUT2D eigenvalue weighted by molar-refractivity contribution is 5.67. The Bertz CT molecular complexity index is 471. The lowest BCUT2D eigenvalue weighted by Gasteiger charge is -2.20. The molecule has 0 aromatic carbocycles. The number of primary amides is 1. The summed E-state index contributed by atoms with van der Waals surface area (Å²) >= 11 is 0. The summed E-state index contributed by atoms with van der Waals surface area (Å²) in [5.41, 5.74) is 6.54. The molecule has 1 amide bonds. The number of halogens is 2. The number of aromatic nitrogens is 2. The van der Waals surface area contributed by atoms with Crippen molar-refractivity contribution in [2.75, 3.05) is 0 Å². The first-order valence-electron chi connectivity index (χ1n) is 5.54. The lowest BCUT2D eigenvalue weighted by Crippen LogP contribution is -2.23. The molecule has 0 saturated carbocycles. The van der Waals surface area contributed by atoms with Crippen molar-refractivity contribution in [2.45, 2.75) is 31.9 Å². The maximum Gasteiger partial charge on any atom is 0.404 e. The van der Waals surface area contributed by atoms with E-state index in [2.05, 4.69) is 5.10 Å². The van der Waals surface area contributed by atoms with E-state index in [1.54, 1.807) is 0 Å². The summed E-state index contributed by atoms with van der Waals surface area (Å²) in [6, 6.07) is 0. The van der Waals surface area contributed by atoms with E-state index in [1.165, 1.54) is 12.4 Å². The Balaban J connectivity index is 2.02. The molecule has 98 valence electrons. The number of ether oxygens (including phenoxy) is 1. The molecule has 18 heavy (non-hydrogen) atoms. The van der Waals surface area contributed by atoms with Gasteiger partial charge in [-0.05, 0) is 18.4 Å². The average molecular weight is 257 g/mol. The van der Waals surface area contributed by atoms with E-state index < -0.39 is 12.6 Å². The molecule has 7 heteroatoms. The van der Waals surface area contributed by atoms with Crippen molar-refractivity contribution in [3.8, 4) is 0 Å². The molecule has 1 heterocycles. The zero-order valence-corrected chi connectivity index (χ0v) is 9.55. The molecule has 1 atom stereocenters. The van der Waals surface area contributed by atoms with Gasteiger partial charge >= 0.3 is 12.6 Å². The van der Waals surface area contributed by atoms with Crippen molar-refractivity contribution in [3.05, 3.63) is 24.0 Å². The molecular weight excluding hydrogens is 244 g/mol. The largest absolute Gasteiger partial charge is 0.446 e. The molecule has 0 fully saturated rings. The molecule has 1 aliphatic carbocycles. The smallest absolute Gasteiger partial charge is 0.404 e. The second-order valence-electron chi connectivity index (χ2n) is 4.05. The summed E-state index contributed by atoms with van der Waals surface area (Å²) in [6.07, 6.45) is 5.39. The Hall–Kier alpha value is -1.92. The third kappa shape index (κ3) is 2.85. The summed E-state index contributed by atoms with van der Waals surface area (Å²) in [5.74, 6) is 0. The van der Waals surface area contributed by atoms with Crippen LogP contribution in [0.2, 0.25) is 0 Å². The third-order valence-corrected chi connectivity index (χ3v) is 2.82. The summed E-state index contributed by atoms with van der Waals surface area (Å²) < 4.78 is 30.2. The van der Waals surface area contributed by atoms with Crippen LogP contribution in [0.4, 0.5) is 13.6 Å². The topological polar surface area (TPSA) is 70.1 Å². The van der Waals surface area contributed by atoms with Crippen LogP contribution in [0.25, 0.3) is 5.57 Å². The van der Waals surface area contributed by atoms with Crippen LogP contribution in [0.15, 0.2) is 18.5 Å². The number of hydrogen-bond donors (Lipinski definition) is 1. The van der Waals surface area contributed by atoms with Crippen LogP contribution in [0.3, 0.4) is 0 Å². The van der Waals surface area contributed by atoms with Gasteiger partial charge in [0.2, 0.25) is 0 Å². The number of hydrogen-bond acceptors (Lipinski definition) is 3. The van der Waals surface area contributed by atoms with Crippen molar-refractivity contribution in [1.29, 1.82) is 0 Å². The molecule has 0 bridgehead atoms. The van der Waals surface area contributed by atoms with Gasteiger partial charge in [0.15, 0.2) is 0 Å². The van der Waals surface area contributed by atoms with Crippen molar-refractivity contribution in [3.63, 3.8) is 0 Å². The van der Waals surface area contributed by atoms with Crippen molar-refractivity contribution >= 4 is 11.7 Å². The number of allylic oxidation sites excluding steroid dienone is 1. The lowest BCUT2D eigenvalue weighted by atomic mass is 9.94. The van der Waals surface area contributed by atoms with Gasteiger partial charge in [0.1, 0.15) is 6.10 Å². The van der Waals surface area contributed by atoms with Gasteiger partial charge in [-0.25, -0.2) is 9.48 Å². The van der Waals surface area contributed by atoms with Gasteiger partial charge in [-0.3, -0.25) is 0 Å². The average Bonchev–Trinajstić information content (AvgIpc) is 2.78. The first-order valence-corrected chi connectivity index (χ1v) is 5.54. The van der Waals surface area contributed by atoms with Gasteiger partial charge in [-0.2, -0.15) is 13.9 Å². The van der Waals surface area contributed by atoms with Crippen LogP contribution in [0.1, 0.15) is 31.4 Å².